The molecule has 1 N–H and O–H groups in total. The lowest BCUT2D eigenvalue weighted by Gasteiger charge is -1.99. The fourth-order valence-electron chi connectivity index (χ4n) is 1.95. The van der Waals surface area contributed by atoms with Crippen molar-refractivity contribution in [3.63, 3.8) is 0 Å². The Hall–Kier alpha value is -2.16. The highest BCUT2D eigenvalue weighted by atomic mass is 15.0. The topological polar surface area (TPSA) is 41.6 Å². The zero-order valence-corrected chi connectivity index (χ0v) is 9.86. The second-order valence-corrected chi connectivity index (χ2v) is 4.22. The molecule has 2 aromatic heterocycles. The number of H-pyrrole nitrogens is 1. The van der Waals surface area contributed by atoms with E-state index in [9.17, 15) is 0 Å². The van der Waals surface area contributed by atoms with E-state index in [1.165, 1.54) is 5.56 Å². The molecule has 0 radical (unpaired) electrons. The van der Waals surface area contributed by atoms with E-state index in [1.807, 2.05) is 31.2 Å². The fraction of sp³-hybridized carbons (Fsp3) is 0.143. The van der Waals surface area contributed by atoms with E-state index in [2.05, 4.69) is 34.0 Å². The number of imidazole rings is 1. The minimum atomic E-state index is 0.781. The van der Waals surface area contributed by atoms with Gasteiger partial charge in [-0.15, -0.1) is 0 Å². The predicted octanol–water partition coefficient (Wildman–Crippen LogP) is 3.24. The molecule has 0 aliphatic carbocycles. The number of aryl methyl sites for hydroxylation is 2. The summed E-state index contributed by atoms with van der Waals surface area (Å²) in [5.41, 5.74) is 5.09. The monoisotopic (exact) mass is 223 g/mol. The van der Waals surface area contributed by atoms with Crippen molar-refractivity contribution in [1.29, 1.82) is 0 Å². The Bertz CT molecular complexity index is 683. The molecule has 2 heterocycles. The van der Waals surface area contributed by atoms with Crippen molar-refractivity contribution >= 4 is 11.2 Å². The molecule has 3 aromatic rings. The molecule has 3 heteroatoms. The molecular formula is C14H13N3. The third kappa shape index (κ3) is 1.69. The van der Waals surface area contributed by atoms with Crippen molar-refractivity contribution in [2.45, 2.75) is 13.8 Å². The van der Waals surface area contributed by atoms with E-state index in [0.29, 0.717) is 0 Å². The summed E-state index contributed by atoms with van der Waals surface area (Å²) >= 11 is 0. The van der Waals surface area contributed by atoms with E-state index < -0.39 is 0 Å². The molecule has 0 atom stereocenters. The van der Waals surface area contributed by atoms with Crippen LogP contribution in [0.3, 0.4) is 0 Å². The quantitative estimate of drug-likeness (QED) is 0.688. The Labute approximate surface area is 99.5 Å². The lowest BCUT2D eigenvalue weighted by Crippen LogP contribution is -1.84. The molecule has 0 aliphatic rings. The molecule has 0 amide bonds. The Morgan fingerprint density at radius 2 is 1.76 bits per heavy atom. The minimum Gasteiger partial charge on any atom is -0.337 e. The Morgan fingerprint density at radius 3 is 2.59 bits per heavy atom. The molecule has 84 valence electrons. The van der Waals surface area contributed by atoms with Gasteiger partial charge >= 0.3 is 0 Å². The molecule has 0 saturated heterocycles. The van der Waals surface area contributed by atoms with Crippen molar-refractivity contribution < 1.29 is 0 Å². The van der Waals surface area contributed by atoms with Gasteiger partial charge in [-0.2, -0.15) is 0 Å². The average molecular weight is 223 g/mol. The maximum Gasteiger partial charge on any atom is 0.178 e. The van der Waals surface area contributed by atoms with E-state index in [1.54, 1.807) is 0 Å². The van der Waals surface area contributed by atoms with E-state index >= 15 is 0 Å². The molecule has 3 nitrogen and oxygen atoms in total. The predicted molar refractivity (Wildman–Crippen MR) is 68.8 cm³/mol. The van der Waals surface area contributed by atoms with Gasteiger partial charge in [0.2, 0.25) is 0 Å². The van der Waals surface area contributed by atoms with Crippen LogP contribution in [0.1, 0.15) is 11.3 Å². The highest BCUT2D eigenvalue weighted by molar-refractivity contribution is 5.76. The van der Waals surface area contributed by atoms with Crippen LogP contribution in [0.25, 0.3) is 22.6 Å². The number of rotatable bonds is 1. The first-order valence-electron chi connectivity index (χ1n) is 5.63. The van der Waals surface area contributed by atoms with Gasteiger partial charge in [0, 0.05) is 11.3 Å². The summed E-state index contributed by atoms with van der Waals surface area (Å²) in [6.45, 7) is 4.06. The molecule has 0 unspecified atom stereocenters. The number of fused-ring (bicyclic) bond motifs is 1. The van der Waals surface area contributed by atoms with Crippen LogP contribution in [0.15, 0.2) is 36.4 Å². The van der Waals surface area contributed by atoms with E-state index in [4.69, 9.17) is 0 Å². The van der Waals surface area contributed by atoms with E-state index in [-0.39, 0.29) is 0 Å². The largest absolute Gasteiger partial charge is 0.337 e. The van der Waals surface area contributed by atoms with Gasteiger partial charge in [-0.1, -0.05) is 24.3 Å². The molecule has 0 spiro atoms. The number of nitrogens with zero attached hydrogens (tertiary/aromatic N) is 2. The summed E-state index contributed by atoms with van der Waals surface area (Å²) in [5, 5.41) is 0. The van der Waals surface area contributed by atoms with Crippen LogP contribution in [0.4, 0.5) is 0 Å². The molecule has 0 aliphatic heterocycles. The highest BCUT2D eigenvalue weighted by Gasteiger charge is 2.07. The first kappa shape index (κ1) is 10.0. The summed E-state index contributed by atoms with van der Waals surface area (Å²) in [7, 11) is 0. The summed E-state index contributed by atoms with van der Waals surface area (Å²) in [5.74, 6) is 0.885. The molecule has 0 fully saturated rings. The van der Waals surface area contributed by atoms with Crippen LogP contribution in [0.2, 0.25) is 0 Å². The first-order chi connectivity index (χ1) is 8.24. The number of nitrogens with one attached hydrogen (secondary N) is 1. The van der Waals surface area contributed by atoms with Crippen LogP contribution < -0.4 is 0 Å². The van der Waals surface area contributed by atoms with Gasteiger partial charge in [-0.05, 0) is 31.5 Å². The van der Waals surface area contributed by atoms with Crippen LogP contribution in [0.5, 0.6) is 0 Å². The average Bonchev–Trinajstić information content (AvgIpc) is 2.72. The summed E-state index contributed by atoms with van der Waals surface area (Å²) in [6.07, 6.45) is 0. The van der Waals surface area contributed by atoms with Gasteiger partial charge in [-0.3, -0.25) is 0 Å². The van der Waals surface area contributed by atoms with Crippen molar-refractivity contribution in [2.24, 2.45) is 0 Å². The van der Waals surface area contributed by atoms with Crippen LogP contribution >= 0.6 is 0 Å². The number of hydrogen-bond acceptors (Lipinski definition) is 2. The normalized spacial score (nSPS) is 10.9. The molecular weight excluding hydrogens is 210 g/mol. The third-order valence-electron chi connectivity index (χ3n) is 2.89. The molecule has 17 heavy (non-hydrogen) atoms. The third-order valence-corrected chi connectivity index (χ3v) is 2.89. The maximum absolute atomic E-state index is 4.54. The number of aromatic amines is 1. The Morgan fingerprint density at radius 1 is 0.941 bits per heavy atom. The molecule has 3 rings (SSSR count). The van der Waals surface area contributed by atoms with Crippen LogP contribution in [-0.2, 0) is 0 Å². The zero-order chi connectivity index (χ0) is 11.8. The standard InChI is InChI=1S/C14H13N3/c1-9-5-3-4-6-11(9)13-16-12-8-7-10(2)15-14(12)17-13/h3-8H,1-2H3,(H,15,16,17). The zero-order valence-electron chi connectivity index (χ0n) is 9.86. The first-order valence-corrected chi connectivity index (χ1v) is 5.63. The summed E-state index contributed by atoms with van der Waals surface area (Å²) in [6, 6.07) is 12.2. The lowest BCUT2D eigenvalue weighted by atomic mass is 10.1. The molecule has 1 aromatic carbocycles. The minimum absolute atomic E-state index is 0.781. The van der Waals surface area contributed by atoms with Crippen molar-refractivity contribution in [3.05, 3.63) is 47.7 Å². The SMILES string of the molecule is Cc1ccc2[nH]c(-c3ccccc3C)nc2n1. The lowest BCUT2D eigenvalue weighted by molar-refractivity contribution is 1.22. The number of pyridine rings is 1. The van der Waals surface area contributed by atoms with Crippen molar-refractivity contribution in [2.75, 3.05) is 0 Å². The maximum atomic E-state index is 4.54. The van der Waals surface area contributed by atoms with E-state index in [0.717, 1.165) is 28.2 Å². The Balaban J connectivity index is 2.22. The van der Waals surface area contributed by atoms with Gasteiger partial charge in [0.25, 0.3) is 0 Å². The van der Waals surface area contributed by atoms with Gasteiger partial charge in [0.1, 0.15) is 5.82 Å². The van der Waals surface area contributed by atoms with Gasteiger partial charge in [0.05, 0.1) is 5.52 Å². The summed E-state index contributed by atoms with van der Waals surface area (Å²) in [4.78, 5) is 12.3. The van der Waals surface area contributed by atoms with Crippen molar-refractivity contribution in [1.82, 2.24) is 15.0 Å². The van der Waals surface area contributed by atoms with Crippen molar-refractivity contribution in [3.8, 4) is 11.4 Å². The number of benzene rings is 1. The van der Waals surface area contributed by atoms with Gasteiger partial charge < -0.3 is 4.98 Å². The highest BCUT2D eigenvalue weighted by Crippen LogP contribution is 2.22. The Kier molecular flexibility index (Phi) is 2.18. The number of aromatic nitrogens is 3. The fourth-order valence-corrected chi connectivity index (χ4v) is 1.95. The number of hydrogen-bond donors (Lipinski definition) is 1. The second kappa shape index (κ2) is 3.70. The van der Waals surface area contributed by atoms with Crippen LogP contribution in [0, 0.1) is 13.8 Å². The summed E-state index contributed by atoms with van der Waals surface area (Å²) < 4.78 is 0. The molecule has 0 bridgehead atoms. The second-order valence-electron chi connectivity index (χ2n) is 4.22. The smallest absolute Gasteiger partial charge is 0.178 e. The van der Waals surface area contributed by atoms with Gasteiger partial charge in [0.15, 0.2) is 5.65 Å². The van der Waals surface area contributed by atoms with Crippen LogP contribution in [-0.4, -0.2) is 15.0 Å². The van der Waals surface area contributed by atoms with Gasteiger partial charge in [-0.25, -0.2) is 9.97 Å². The molecule has 0 saturated carbocycles.